The lowest BCUT2D eigenvalue weighted by molar-refractivity contribution is -0.181. The molecule has 10 heteroatoms. The lowest BCUT2D eigenvalue weighted by Crippen LogP contribution is -2.44. The Morgan fingerprint density at radius 3 is 2.55 bits per heavy atom. The molecule has 0 bridgehead atoms. The number of alkyl halides is 1. The van der Waals surface area contributed by atoms with Gasteiger partial charge in [0, 0.05) is 0 Å². The minimum Gasteiger partial charge on any atom is -0.393 e. The molecule has 1 saturated heterocycles. The number of ether oxygens (including phenoxy) is 1. The predicted molar refractivity (Wildman–Crippen MR) is 77.8 cm³/mol. The first-order valence-electron chi connectivity index (χ1n) is 6.15. The molecule has 0 amide bonds. The Morgan fingerprint density at radius 2 is 1.95 bits per heavy atom. The van der Waals surface area contributed by atoms with Crippen molar-refractivity contribution in [3.63, 3.8) is 0 Å². The molecule has 1 fully saturated rings. The van der Waals surface area contributed by atoms with Crippen molar-refractivity contribution < 1.29 is 24.4 Å². The molecular weight excluding hydrogens is 361 g/mol. The molecule has 1 aromatic carbocycles. The van der Waals surface area contributed by atoms with E-state index in [1.165, 1.54) is 16.7 Å². The van der Waals surface area contributed by atoms with E-state index < -0.39 is 30.9 Å². The summed E-state index contributed by atoms with van der Waals surface area (Å²) in [6, 6.07) is 2.88. The van der Waals surface area contributed by atoms with Gasteiger partial charge in [-0.3, -0.25) is 4.57 Å². The molecule has 1 aliphatic heterocycles. The van der Waals surface area contributed by atoms with Crippen LogP contribution in [0.3, 0.4) is 0 Å². The van der Waals surface area contributed by atoms with E-state index in [9.17, 15) is 14.6 Å². The van der Waals surface area contributed by atoms with E-state index in [1.807, 2.05) is 0 Å². The molecule has 3 N–H and O–H groups in total. The minimum atomic E-state index is -3.13. The second-order valence-corrected chi connectivity index (χ2v) is 6.03. The van der Waals surface area contributed by atoms with Crippen LogP contribution in [-0.2, 0) is 4.74 Å². The zero-order chi connectivity index (χ0) is 16.2. The van der Waals surface area contributed by atoms with Gasteiger partial charge < -0.3 is 20.1 Å². The van der Waals surface area contributed by atoms with Gasteiger partial charge in [-0.25, -0.2) is 9.37 Å². The number of nitrogens with zero attached hydrogens (tertiary/aromatic N) is 2. The zero-order valence-electron chi connectivity index (χ0n) is 10.8. The fraction of sp³-hybridized carbons (Fsp3) is 0.417. The number of aromatic nitrogens is 2. The van der Waals surface area contributed by atoms with Crippen molar-refractivity contribution in [3.8, 4) is 0 Å². The van der Waals surface area contributed by atoms with Gasteiger partial charge in [-0.2, -0.15) is 0 Å². The molecule has 4 atom stereocenters. The third-order valence-corrected chi connectivity index (χ3v) is 4.54. The zero-order valence-corrected chi connectivity index (χ0v) is 13.0. The normalized spacial score (nSPS) is 32.0. The largest absolute Gasteiger partial charge is 0.393 e. The maximum atomic E-state index is 14.1. The lowest BCUT2D eigenvalue weighted by Gasteiger charge is -2.21. The van der Waals surface area contributed by atoms with Crippen LogP contribution in [0.25, 0.3) is 11.0 Å². The van der Waals surface area contributed by atoms with E-state index in [1.54, 1.807) is 0 Å². The molecule has 0 saturated carbocycles. The molecule has 0 aliphatic carbocycles. The van der Waals surface area contributed by atoms with Gasteiger partial charge in [-0.15, -0.1) is 0 Å². The van der Waals surface area contributed by atoms with Gasteiger partial charge in [0.15, 0.2) is 12.3 Å². The summed E-state index contributed by atoms with van der Waals surface area (Å²) in [5, 5.41) is 29.0. The number of hydrogen-bond donors (Lipinski definition) is 3. The number of aliphatic hydroxyl groups excluding tert-OH is 2. The summed E-state index contributed by atoms with van der Waals surface area (Å²) >= 11 is 17.8. The van der Waals surface area contributed by atoms with E-state index in [4.69, 9.17) is 44.6 Å². The van der Waals surface area contributed by atoms with Crippen molar-refractivity contribution in [2.24, 2.45) is 0 Å². The average Bonchev–Trinajstić information content (AvgIpc) is 2.86. The number of benzene rings is 1. The molecule has 0 radical (unpaired) electrons. The molecule has 3 rings (SSSR count). The van der Waals surface area contributed by atoms with Crippen molar-refractivity contribution in [2.75, 3.05) is 6.61 Å². The first kappa shape index (κ1) is 16.2. The van der Waals surface area contributed by atoms with Crippen LogP contribution < -0.4 is 0 Å². The first-order valence-corrected chi connectivity index (χ1v) is 7.29. The molecule has 1 unspecified atom stereocenters. The van der Waals surface area contributed by atoms with E-state index >= 15 is 0 Å². The summed E-state index contributed by atoms with van der Waals surface area (Å²) in [6.45, 7) is -0.822. The third-order valence-electron chi connectivity index (χ3n) is 3.55. The fourth-order valence-electron chi connectivity index (χ4n) is 2.40. The molecule has 1 aliphatic rings. The van der Waals surface area contributed by atoms with Crippen LogP contribution in [0.5, 0.6) is 0 Å². The smallest absolute Gasteiger partial charge is 0.266 e. The average molecular weight is 372 g/mol. The van der Waals surface area contributed by atoms with Crippen molar-refractivity contribution >= 4 is 45.8 Å². The highest BCUT2D eigenvalue weighted by Crippen LogP contribution is 2.41. The molecule has 1 aromatic heterocycles. The fourth-order valence-corrected chi connectivity index (χ4v) is 3.00. The van der Waals surface area contributed by atoms with Crippen LogP contribution in [0.2, 0.25) is 15.3 Å². The van der Waals surface area contributed by atoms with Crippen LogP contribution in [0.4, 0.5) is 4.39 Å². The van der Waals surface area contributed by atoms with E-state index in [0.29, 0.717) is 11.0 Å². The van der Waals surface area contributed by atoms with Gasteiger partial charge in [0.2, 0.25) is 5.28 Å². The van der Waals surface area contributed by atoms with Crippen LogP contribution in [-0.4, -0.2) is 49.5 Å². The second kappa shape index (κ2) is 5.45. The topological polar surface area (TPSA) is 87.7 Å². The highest BCUT2D eigenvalue weighted by Gasteiger charge is 2.57. The van der Waals surface area contributed by atoms with Crippen molar-refractivity contribution in [1.29, 1.82) is 0 Å². The Kier molecular flexibility index (Phi) is 4.01. The van der Waals surface area contributed by atoms with Gasteiger partial charge in [0.1, 0.15) is 6.10 Å². The predicted octanol–water partition coefficient (Wildman–Crippen LogP) is 1.91. The third kappa shape index (κ3) is 2.28. The lowest BCUT2D eigenvalue weighted by atomic mass is 10.1. The summed E-state index contributed by atoms with van der Waals surface area (Å²) in [6.07, 6.45) is -4.99. The number of rotatable bonds is 2. The highest BCUT2D eigenvalue weighted by molar-refractivity contribution is 6.42. The summed E-state index contributed by atoms with van der Waals surface area (Å²) < 4.78 is 20.4. The molecule has 22 heavy (non-hydrogen) atoms. The van der Waals surface area contributed by atoms with Gasteiger partial charge in [0.25, 0.3) is 5.85 Å². The number of aliphatic hydroxyl groups is 3. The molecule has 0 spiro atoms. The Labute approximate surface area is 138 Å². The maximum absolute atomic E-state index is 14.1. The van der Waals surface area contributed by atoms with E-state index in [2.05, 4.69) is 4.98 Å². The Balaban J connectivity index is 2.15. The summed E-state index contributed by atoms with van der Waals surface area (Å²) in [4.78, 5) is 4.02. The van der Waals surface area contributed by atoms with Crippen LogP contribution in [0, 0.1) is 0 Å². The Morgan fingerprint density at radius 1 is 1.32 bits per heavy atom. The van der Waals surface area contributed by atoms with Gasteiger partial charge in [-0.05, 0) is 23.7 Å². The SMILES string of the molecule is OC[C@H]1OC(n2c(Cl)nc3cc(Cl)c(Cl)cc32)[C@H](O)[C@]1(O)F. The molecule has 6 nitrogen and oxygen atoms in total. The highest BCUT2D eigenvalue weighted by atomic mass is 35.5. The number of imidazole rings is 1. The summed E-state index contributed by atoms with van der Waals surface area (Å²) in [7, 11) is 0. The molecular formula is C12H10Cl3FN2O4. The van der Waals surface area contributed by atoms with Crippen LogP contribution in [0.15, 0.2) is 12.1 Å². The van der Waals surface area contributed by atoms with Crippen molar-refractivity contribution in [2.45, 2.75) is 24.3 Å². The van der Waals surface area contributed by atoms with Gasteiger partial charge in [0.05, 0.1) is 27.7 Å². The maximum Gasteiger partial charge on any atom is 0.266 e. The van der Waals surface area contributed by atoms with Crippen LogP contribution >= 0.6 is 34.8 Å². The Hall–Kier alpha value is -0.670. The van der Waals surface area contributed by atoms with Crippen LogP contribution in [0.1, 0.15) is 6.23 Å². The van der Waals surface area contributed by atoms with E-state index in [0.717, 1.165) is 0 Å². The van der Waals surface area contributed by atoms with Gasteiger partial charge >= 0.3 is 0 Å². The number of fused-ring (bicyclic) bond motifs is 1. The standard InChI is InChI=1S/C12H10Cl3FN2O4/c13-4-1-6-7(2-5(4)14)18(11(15)17-6)10-9(20)12(16,21)8(3-19)22-10/h1-2,8-10,19-21H,3H2/t8-,9+,10?,12+/m1/s1. The quantitative estimate of drug-likeness (QED) is 0.750. The van der Waals surface area contributed by atoms with E-state index in [-0.39, 0.29) is 15.3 Å². The molecule has 2 heterocycles. The second-order valence-electron chi connectivity index (χ2n) is 4.88. The first-order chi connectivity index (χ1) is 10.3. The molecule has 2 aromatic rings. The minimum absolute atomic E-state index is 0.119. The summed E-state index contributed by atoms with van der Waals surface area (Å²) in [5.74, 6) is -3.13. The summed E-state index contributed by atoms with van der Waals surface area (Å²) in [5.41, 5.74) is 0.683. The number of hydrogen-bond acceptors (Lipinski definition) is 5. The Bertz CT molecular complexity index is 739. The van der Waals surface area contributed by atoms with Gasteiger partial charge in [-0.1, -0.05) is 23.2 Å². The van der Waals surface area contributed by atoms with Crippen molar-refractivity contribution in [1.82, 2.24) is 9.55 Å². The van der Waals surface area contributed by atoms with Crippen molar-refractivity contribution in [3.05, 3.63) is 27.5 Å². The molecule has 120 valence electrons. The number of halogens is 4. The monoisotopic (exact) mass is 370 g/mol.